The first-order valence-electron chi connectivity index (χ1n) is 10.3. The van der Waals surface area contributed by atoms with Gasteiger partial charge in [0, 0.05) is 56.5 Å². The fourth-order valence-electron chi connectivity index (χ4n) is 4.77. The van der Waals surface area contributed by atoms with Gasteiger partial charge in [-0.25, -0.2) is 0 Å². The van der Waals surface area contributed by atoms with Crippen LogP contribution in [0.1, 0.15) is 28.5 Å². The van der Waals surface area contributed by atoms with E-state index in [2.05, 4.69) is 68.7 Å². The van der Waals surface area contributed by atoms with E-state index in [4.69, 9.17) is 0 Å². The van der Waals surface area contributed by atoms with Crippen LogP contribution in [0.5, 0.6) is 0 Å². The summed E-state index contributed by atoms with van der Waals surface area (Å²) in [6.07, 6.45) is 9.68. The predicted molar refractivity (Wildman–Crippen MR) is 118 cm³/mol. The Morgan fingerprint density at radius 2 is 1.86 bits per heavy atom. The fraction of sp³-hybridized carbons (Fsp3) is 0.435. The molecule has 1 fully saturated rings. The van der Waals surface area contributed by atoms with E-state index in [1.165, 1.54) is 24.1 Å². The third-order valence-electron chi connectivity index (χ3n) is 6.40. The number of fused-ring (bicyclic) bond motifs is 1. The maximum atomic E-state index is 4.20. The third-order valence-corrected chi connectivity index (χ3v) is 7.46. The second-order valence-corrected chi connectivity index (χ2v) is 9.09. The Labute approximate surface area is 172 Å². The number of aryl methyl sites for hydroxylation is 1. The number of piperazine rings is 1. The van der Waals surface area contributed by atoms with Crippen LogP contribution in [-0.4, -0.2) is 54.1 Å². The molecule has 1 saturated heterocycles. The van der Waals surface area contributed by atoms with E-state index in [1.807, 2.05) is 24.2 Å². The van der Waals surface area contributed by atoms with Crippen LogP contribution in [0.25, 0.3) is 0 Å². The van der Waals surface area contributed by atoms with Crippen molar-refractivity contribution in [1.82, 2.24) is 14.8 Å². The van der Waals surface area contributed by atoms with Gasteiger partial charge in [-0.15, -0.1) is 11.8 Å². The molecule has 2 aromatic rings. The lowest BCUT2D eigenvalue weighted by atomic mass is 9.86. The lowest BCUT2D eigenvalue weighted by Crippen LogP contribution is -2.45. The molecule has 5 heteroatoms. The van der Waals surface area contributed by atoms with Gasteiger partial charge < -0.3 is 14.7 Å². The second kappa shape index (κ2) is 7.80. The molecule has 0 bridgehead atoms. The van der Waals surface area contributed by atoms with Gasteiger partial charge in [-0.05, 0) is 66.6 Å². The summed E-state index contributed by atoms with van der Waals surface area (Å²) in [6, 6.07) is 11.8. The summed E-state index contributed by atoms with van der Waals surface area (Å²) < 4.78 is 0. The number of aromatic nitrogens is 1. The Morgan fingerprint density at radius 1 is 1.04 bits per heavy atom. The minimum atomic E-state index is 0.380. The van der Waals surface area contributed by atoms with Crippen LogP contribution in [0.4, 0.5) is 5.69 Å². The van der Waals surface area contributed by atoms with Crippen LogP contribution in [0.15, 0.2) is 54.3 Å². The van der Waals surface area contributed by atoms with Crippen molar-refractivity contribution in [3.05, 3.63) is 71.0 Å². The van der Waals surface area contributed by atoms with E-state index < -0.39 is 0 Å². The van der Waals surface area contributed by atoms with Crippen LogP contribution < -0.4 is 4.90 Å². The number of pyridine rings is 1. The number of rotatable bonds is 3. The zero-order valence-corrected chi connectivity index (χ0v) is 17.3. The van der Waals surface area contributed by atoms with Crippen molar-refractivity contribution in [1.29, 1.82) is 0 Å². The smallest absolute Gasteiger partial charge is 0.104 e. The Bertz CT molecular complexity index is 845. The Balaban J connectivity index is 1.39. The Hall–Kier alpha value is -1.98. The number of hydrogen-bond donors (Lipinski definition) is 0. The highest BCUT2D eigenvalue weighted by Crippen LogP contribution is 2.43. The van der Waals surface area contributed by atoms with Gasteiger partial charge in [0.05, 0.1) is 0 Å². The standard InChI is InChI=1S/C23H28N4S/c1-25-11-13-26(14-12-25)22-4-2-3-18-5-6-20(17-21(18)22)27-15-16-28-23(27)19-7-9-24-10-8-19/h2-4,7-10,15-16,20,23H,5-6,11-14,17H2,1H3/t20?,23-/m1/s1. The second-order valence-electron chi connectivity index (χ2n) is 8.10. The predicted octanol–water partition coefficient (Wildman–Crippen LogP) is 3.91. The molecular weight excluding hydrogens is 364 g/mol. The zero-order valence-electron chi connectivity index (χ0n) is 16.5. The van der Waals surface area contributed by atoms with E-state index in [-0.39, 0.29) is 0 Å². The topological polar surface area (TPSA) is 22.6 Å². The van der Waals surface area contributed by atoms with Crippen molar-refractivity contribution in [3.8, 4) is 0 Å². The molecule has 2 aliphatic heterocycles. The highest BCUT2D eigenvalue weighted by atomic mass is 32.2. The monoisotopic (exact) mass is 392 g/mol. The molecule has 1 aromatic heterocycles. The highest BCUT2D eigenvalue weighted by Gasteiger charge is 2.32. The summed E-state index contributed by atoms with van der Waals surface area (Å²) >= 11 is 1.91. The number of thioether (sulfide) groups is 1. The number of anilines is 1. The average Bonchev–Trinajstić information content (AvgIpc) is 3.24. The van der Waals surface area contributed by atoms with Gasteiger partial charge in [-0.3, -0.25) is 4.98 Å². The lowest BCUT2D eigenvalue weighted by molar-refractivity contribution is 0.244. The zero-order chi connectivity index (χ0) is 18.9. The molecule has 4 nitrogen and oxygen atoms in total. The molecule has 0 spiro atoms. The Morgan fingerprint density at radius 3 is 2.68 bits per heavy atom. The van der Waals surface area contributed by atoms with Crippen LogP contribution in [0.3, 0.4) is 0 Å². The van der Waals surface area contributed by atoms with Crippen LogP contribution >= 0.6 is 11.8 Å². The summed E-state index contributed by atoms with van der Waals surface area (Å²) in [5, 5.41) is 2.64. The molecule has 28 heavy (non-hydrogen) atoms. The molecule has 5 rings (SSSR count). The minimum absolute atomic E-state index is 0.380. The fourth-order valence-corrected chi connectivity index (χ4v) is 5.83. The first-order valence-corrected chi connectivity index (χ1v) is 11.3. The van der Waals surface area contributed by atoms with Crippen molar-refractivity contribution < 1.29 is 0 Å². The van der Waals surface area contributed by atoms with Gasteiger partial charge in [0.15, 0.2) is 0 Å². The number of hydrogen-bond acceptors (Lipinski definition) is 5. The molecule has 3 heterocycles. The summed E-state index contributed by atoms with van der Waals surface area (Å²) in [6.45, 7) is 4.58. The van der Waals surface area contributed by atoms with Crippen molar-refractivity contribution >= 4 is 17.4 Å². The van der Waals surface area contributed by atoms with Gasteiger partial charge in [0.1, 0.15) is 5.37 Å². The molecule has 146 valence electrons. The molecule has 1 aromatic carbocycles. The lowest BCUT2D eigenvalue weighted by Gasteiger charge is -2.40. The van der Waals surface area contributed by atoms with Gasteiger partial charge in [-0.2, -0.15) is 0 Å². The summed E-state index contributed by atoms with van der Waals surface area (Å²) in [7, 11) is 2.23. The largest absolute Gasteiger partial charge is 0.369 e. The normalized spacial score (nSPS) is 25.2. The van der Waals surface area contributed by atoms with Crippen LogP contribution in [0.2, 0.25) is 0 Å². The summed E-state index contributed by atoms with van der Waals surface area (Å²) in [5.41, 5.74) is 5.97. The van der Waals surface area contributed by atoms with Crippen molar-refractivity contribution in [2.24, 2.45) is 0 Å². The van der Waals surface area contributed by atoms with Crippen LogP contribution in [0, 0.1) is 0 Å². The van der Waals surface area contributed by atoms with E-state index in [1.54, 1.807) is 11.1 Å². The molecule has 0 amide bonds. The first kappa shape index (κ1) is 18.1. The van der Waals surface area contributed by atoms with Gasteiger partial charge >= 0.3 is 0 Å². The molecule has 0 N–H and O–H groups in total. The third kappa shape index (κ3) is 3.42. The van der Waals surface area contributed by atoms with E-state index in [0.29, 0.717) is 11.4 Å². The van der Waals surface area contributed by atoms with Crippen molar-refractivity contribution in [2.75, 3.05) is 38.1 Å². The maximum Gasteiger partial charge on any atom is 0.104 e. The van der Waals surface area contributed by atoms with E-state index >= 15 is 0 Å². The highest BCUT2D eigenvalue weighted by molar-refractivity contribution is 8.02. The summed E-state index contributed by atoms with van der Waals surface area (Å²) in [4.78, 5) is 11.8. The molecular formula is C23H28N4S. The van der Waals surface area contributed by atoms with Crippen molar-refractivity contribution in [2.45, 2.75) is 30.7 Å². The quantitative estimate of drug-likeness (QED) is 0.788. The molecule has 3 aliphatic rings. The summed E-state index contributed by atoms with van der Waals surface area (Å²) in [5.74, 6) is 0. The molecule has 1 unspecified atom stereocenters. The van der Waals surface area contributed by atoms with Crippen LogP contribution in [-0.2, 0) is 12.8 Å². The van der Waals surface area contributed by atoms with Gasteiger partial charge in [-0.1, -0.05) is 12.1 Å². The van der Waals surface area contributed by atoms with Gasteiger partial charge in [0.2, 0.25) is 0 Å². The molecule has 1 aliphatic carbocycles. The Kier molecular flexibility index (Phi) is 5.03. The molecule has 2 atom stereocenters. The molecule has 0 radical (unpaired) electrons. The van der Waals surface area contributed by atoms with E-state index in [0.717, 1.165) is 32.6 Å². The SMILES string of the molecule is CN1CCN(c2cccc3c2CC(N2C=CS[C@@H]2c2ccncc2)CC3)CC1. The minimum Gasteiger partial charge on any atom is -0.369 e. The average molecular weight is 393 g/mol. The molecule has 0 saturated carbocycles. The number of nitrogens with zero attached hydrogens (tertiary/aromatic N) is 4. The van der Waals surface area contributed by atoms with Gasteiger partial charge in [0.25, 0.3) is 0 Å². The van der Waals surface area contributed by atoms with E-state index in [9.17, 15) is 0 Å². The number of benzene rings is 1. The number of likely N-dealkylation sites (N-methyl/N-ethyl adjacent to an activating group) is 1. The maximum absolute atomic E-state index is 4.20. The van der Waals surface area contributed by atoms with Crippen molar-refractivity contribution in [3.63, 3.8) is 0 Å². The first-order chi connectivity index (χ1) is 13.8.